The normalized spacial score (nSPS) is 11.6. The second kappa shape index (κ2) is 6.52. The van der Waals surface area contributed by atoms with Crippen LogP contribution in [0.25, 0.3) is 0 Å². The predicted octanol–water partition coefficient (Wildman–Crippen LogP) is 2.63. The van der Waals surface area contributed by atoms with Gasteiger partial charge in [-0.3, -0.25) is 9.59 Å². The van der Waals surface area contributed by atoms with Crippen molar-refractivity contribution in [3.63, 3.8) is 0 Å². The molecule has 0 heterocycles. The standard InChI is InChI=1S/C16H15NO3/c18-15(19)11-14(12-7-3-1-4-8-12)17-16(20)13-9-5-2-6-10-13/h1-10,14H,11H2,(H,17,20)(H,18,19)/t14-/m0/s1. The smallest absolute Gasteiger partial charge is 0.305 e. The molecule has 0 saturated carbocycles. The predicted molar refractivity (Wildman–Crippen MR) is 75.3 cm³/mol. The number of amides is 1. The van der Waals surface area contributed by atoms with E-state index in [9.17, 15) is 9.59 Å². The molecule has 2 N–H and O–H groups in total. The lowest BCUT2D eigenvalue weighted by atomic mass is 10.0. The van der Waals surface area contributed by atoms with Crippen molar-refractivity contribution in [1.29, 1.82) is 0 Å². The molecule has 2 rings (SSSR count). The lowest BCUT2D eigenvalue weighted by Crippen LogP contribution is -2.30. The largest absolute Gasteiger partial charge is 0.481 e. The zero-order valence-corrected chi connectivity index (χ0v) is 10.8. The van der Waals surface area contributed by atoms with E-state index in [4.69, 9.17) is 5.11 Å². The average Bonchev–Trinajstić information content (AvgIpc) is 2.48. The molecule has 0 aliphatic heterocycles. The van der Waals surface area contributed by atoms with Crippen LogP contribution >= 0.6 is 0 Å². The van der Waals surface area contributed by atoms with E-state index in [1.807, 2.05) is 24.3 Å². The van der Waals surface area contributed by atoms with Crippen molar-refractivity contribution >= 4 is 11.9 Å². The Bertz CT molecular complexity index is 581. The van der Waals surface area contributed by atoms with E-state index in [1.54, 1.807) is 36.4 Å². The summed E-state index contributed by atoms with van der Waals surface area (Å²) in [6.45, 7) is 0. The Hall–Kier alpha value is -2.62. The fourth-order valence-corrected chi connectivity index (χ4v) is 1.94. The summed E-state index contributed by atoms with van der Waals surface area (Å²) in [7, 11) is 0. The molecule has 102 valence electrons. The Morgan fingerprint density at radius 3 is 2.05 bits per heavy atom. The number of carbonyl (C=O) groups excluding carboxylic acids is 1. The van der Waals surface area contributed by atoms with E-state index in [1.165, 1.54) is 0 Å². The van der Waals surface area contributed by atoms with Crippen molar-refractivity contribution in [2.75, 3.05) is 0 Å². The van der Waals surface area contributed by atoms with Gasteiger partial charge in [-0.1, -0.05) is 48.5 Å². The highest BCUT2D eigenvalue weighted by atomic mass is 16.4. The molecule has 0 radical (unpaired) electrons. The molecule has 4 heteroatoms. The summed E-state index contributed by atoms with van der Waals surface area (Å²) >= 11 is 0. The van der Waals surface area contributed by atoms with E-state index in [-0.39, 0.29) is 12.3 Å². The van der Waals surface area contributed by atoms with Gasteiger partial charge >= 0.3 is 5.97 Å². The van der Waals surface area contributed by atoms with Crippen LogP contribution in [0.4, 0.5) is 0 Å². The first-order valence-electron chi connectivity index (χ1n) is 6.29. The van der Waals surface area contributed by atoms with Gasteiger partial charge in [-0.25, -0.2) is 0 Å². The third kappa shape index (κ3) is 3.68. The Kier molecular flexibility index (Phi) is 4.50. The van der Waals surface area contributed by atoms with Gasteiger partial charge in [0.1, 0.15) is 0 Å². The van der Waals surface area contributed by atoms with Crippen LogP contribution in [0.1, 0.15) is 28.4 Å². The molecule has 4 nitrogen and oxygen atoms in total. The first-order chi connectivity index (χ1) is 9.66. The van der Waals surface area contributed by atoms with Crippen LogP contribution in [0.5, 0.6) is 0 Å². The Morgan fingerprint density at radius 2 is 1.50 bits per heavy atom. The number of carboxylic acids is 1. The van der Waals surface area contributed by atoms with E-state index in [2.05, 4.69) is 5.32 Å². The van der Waals surface area contributed by atoms with Gasteiger partial charge in [-0.15, -0.1) is 0 Å². The second-order valence-electron chi connectivity index (χ2n) is 4.40. The Balaban J connectivity index is 2.16. The number of hydrogen-bond acceptors (Lipinski definition) is 2. The molecule has 20 heavy (non-hydrogen) atoms. The van der Waals surface area contributed by atoms with Crippen molar-refractivity contribution in [3.05, 3.63) is 71.8 Å². The summed E-state index contributed by atoms with van der Waals surface area (Å²) in [5, 5.41) is 11.7. The third-order valence-corrected chi connectivity index (χ3v) is 2.92. The zero-order chi connectivity index (χ0) is 14.4. The van der Waals surface area contributed by atoms with E-state index in [0.29, 0.717) is 5.56 Å². The van der Waals surface area contributed by atoms with Crippen LogP contribution < -0.4 is 5.32 Å². The minimum absolute atomic E-state index is 0.150. The summed E-state index contributed by atoms with van der Waals surface area (Å²) in [6.07, 6.45) is -0.150. The minimum atomic E-state index is -0.952. The quantitative estimate of drug-likeness (QED) is 0.876. The second-order valence-corrected chi connectivity index (χ2v) is 4.40. The molecule has 0 spiro atoms. The number of nitrogens with one attached hydrogen (secondary N) is 1. The fourth-order valence-electron chi connectivity index (χ4n) is 1.94. The molecule has 0 aliphatic rings. The van der Waals surface area contributed by atoms with Gasteiger partial charge in [-0.2, -0.15) is 0 Å². The summed E-state index contributed by atoms with van der Waals surface area (Å²) in [6, 6.07) is 17.3. The molecule has 0 bridgehead atoms. The fraction of sp³-hybridized carbons (Fsp3) is 0.125. The molecular weight excluding hydrogens is 254 g/mol. The zero-order valence-electron chi connectivity index (χ0n) is 10.8. The average molecular weight is 269 g/mol. The summed E-state index contributed by atoms with van der Waals surface area (Å²) in [5.41, 5.74) is 1.29. The van der Waals surface area contributed by atoms with Crippen LogP contribution in [0.3, 0.4) is 0 Å². The van der Waals surface area contributed by atoms with E-state index < -0.39 is 12.0 Å². The molecule has 0 saturated heterocycles. The monoisotopic (exact) mass is 269 g/mol. The molecule has 0 aliphatic carbocycles. The Morgan fingerprint density at radius 1 is 0.950 bits per heavy atom. The molecule has 1 atom stereocenters. The number of carboxylic acid groups (broad SMARTS) is 1. The topological polar surface area (TPSA) is 66.4 Å². The molecule has 1 amide bonds. The first kappa shape index (κ1) is 13.8. The Labute approximate surface area is 117 Å². The summed E-state index contributed by atoms with van der Waals surface area (Å²) in [4.78, 5) is 23.1. The highest BCUT2D eigenvalue weighted by Gasteiger charge is 2.18. The van der Waals surface area contributed by atoms with Crippen molar-refractivity contribution in [1.82, 2.24) is 5.32 Å². The number of hydrogen-bond donors (Lipinski definition) is 2. The number of carbonyl (C=O) groups is 2. The molecule has 2 aromatic carbocycles. The van der Waals surface area contributed by atoms with Gasteiger partial charge in [0, 0.05) is 5.56 Å². The van der Waals surface area contributed by atoms with E-state index in [0.717, 1.165) is 5.56 Å². The van der Waals surface area contributed by atoms with Gasteiger partial charge in [0.25, 0.3) is 5.91 Å². The molecule has 0 fully saturated rings. The lowest BCUT2D eigenvalue weighted by Gasteiger charge is -2.17. The van der Waals surface area contributed by atoms with Gasteiger partial charge in [0.2, 0.25) is 0 Å². The highest BCUT2D eigenvalue weighted by molar-refractivity contribution is 5.94. The van der Waals surface area contributed by atoms with Crippen LogP contribution in [-0.4, -0.2) is 17.0 Å². The summed E-state index contributed by atoms with van der Waals surface area (Å²) < 4.78 is 0. The van der Waals surface area contributed by atoms with Crippen LogP contribution in [-0.2, 0) is 4.79 Å². The van der Waals surface area contributed by atoms with Crippen LogP contribution in [0.2, 0.25) is 0 Å². The van der Waals surface area contributed by atoms with Crippen LogP contribution in [0, 0.1) is 0 Å². The van der Waals surface area contributed by atoms with Crippen LogP contribution in [0.15, 0.2) is 60.7 Å². The number of rotatable bonds is 5. The summed E-state index contributed by atoms with van der Waals surface area (Å²) in [5.74, 6) is -1.23. The molecule has 0 unspecified atom stereocenters. The third-order valence-electron chi connectivity index (χ3n) is 2.92. The van der Waals surface area contributed by atoms with E-state index >= 15 is 0 Å². The molecule has 0 aromatic heterocycles. The van der Waals surface area contributed by atoms with Gasteiger partial charge in [0.05, 0.1) is 12.5 Å². The van der Waals surface area contributed by atoms with Gasteiger partial charge in [0.15, 0.2) is 0 Å². The highest BCUT2D eigenvalue weighted by Crippen LogP contribution is 2.17. The number of aliphatic carboxylic acids is 1. The minimum Gasteiger partial charge on any atom is -0.481 e. The maximum absolute atomic E-state index is 12.1. The molecular formula is C16H15NO3. The maximum Gasteiger partial charge on any atom is 0.305 e. The first-order valence-corrected chi connectivity index (χ1v) is 6.29. The van der Waals surface area contributed by atoms with Crippen molar-refractivity contribution in [2.45, 2.75) is 12.5 Å². The lowest BCUT2D eigenvalue weighted by molar-refractivity contribution is -0.137. The van der Waals surface area contributed by atoms with Crippen molar-refractivity contribution < 1.29 is 14.7 Å². The van der Waals surface area contributed by atoms with Gasteiger partial charge in [-0.05, 0) is 17.7 Å². The van der Waals surface area contributed by atoms with Gasteiger partial charge < -0.3 is 10.4 Å². The SMILES string of the molecule is O=C(O)C[C@H](NC(=O)c1ccccc1)c1ccccc1. The number of benzene rings is 2. The van der Waals surface area contributed by atoms with Crippen molar-refractivity contribution in [3.8, 4) is 0 Å². The van der Waals surface area contributed by atoms with Crippen molar-refractivity contribution in [2.24, 2.45) is 0 Å². The maximum atomic E-state index is 12.1. The molecule has 2 aromatic rings.